The van der Waals surface area contributed by atoms with E-state index in [9.17, 15) is 0 Å². The first-order chi connectivity index (χ1) is 8.22. The lowest BCUT2D eigenvalue weighted by atomic mass is 10.1. The monoisotopic (exact) mass is 271 g/mol. The number of nitrogens with one attached hydrogen (secondary N) is 1. The van der Waals surface area contributed by atoms with Crippen molar-refractivity contribution in [3.63, 3.8) is 0 Å². The van der Waals surface area contributed by atoms with Gasteiger partial charge in [-0.15, -0.1) is 11.3 Å². The van der Waals surface area contributed by atoms with Crippen molar-refractivity contribution >= 4 is 23.1 Å². The first-order valence-electron chi connectivity index (χ1n) is 6.59. The number of aryl methyl sites for hydroxylation is 1. The first-order valence-corrected chi connectivity index (χ1v) is 8.52. The second-order valence-electron chi connectivity index (χ2n) is 4.65. The van der Waals surface area contributed by atoms with E-state index >= 15 is 0 Å². The molecule has 0 radical (unpaired) electrons. The standard InChI is InChI=1S/C14H25NS2/c1-4-9-15-13(11-17-12(2)3)7-8-14-6-5-10-16-14/h5-6,10,12-13,15H,4,7-9,11H2,1-3H3. The molecule has 0 aliphatic heterocycles. The Labute approximate surface area is 114 Å². The van der Waals surface area contributed by atoms with Crippen molar-refractivity contribution in [2.45, 2.75) is 51.3 Å². The zero-order chi connectivity index (χ0) is 12.5. The molecule has 1 unspecified atom stereocenters. The van der Waals surface area contributed by atoms with E-state index < -0.39 is 0 Å². The summed E-state index contributed by atoms with van der Waals surface area (Å²) in [6.07, 6.45) is 3.71. The Kier molecular flexibility index (Phi) is 7.99. The van der Waals surface area contributed by atoms with E-state index in [0.29, 0.717) is 6.04 Å². The second-order valence-corrected chi connectivity index (χ2v) is 7.29. The molecule has 3 heteroatoms. The summed E-state index contributed by atoms with van der Waals surface area (Å²) in [5, 5.41) is 6.58. The van der Waals surface area contributed by atoms with Crippen LogP contribution in [0.5, 0.6) is 0 Å². The topological polar surface area (TPSA) is 12.0 Å². The van der Waals surface area contributed by atoms with Crippen LogP contribution in [-0.4, -0.2) is 23.6 Å². The molecule has 0 saturated heterocycles. The average Bonchev–Trinajstić information content (AvgIpc) is 2.80. The predicted molar refractivity (Wildman–Crippen MR) is 82.3 cm³/mol. The molecule has 1 N–H and O–H groups in total. The van der Waals surface area contributed by atoms with Gasteiger partial charge < -0.3 is 5.32 Å². The van der Waals surface area contributed by atoms with Crippen LogP contribution in [0.2, 0.25) is 0 Å². The van der Waals surface area contributed by atoms with Crippen LogP contribution in [-0.2, 0) is 6.42 Å². The van der Waals surface area contributed by atoms with Gasteiger partial charge in [0.2, 0.25) is 0 Å². The highest BCUT2D eigenvalue weighted by atomic mass is 32.2. The third-order valence-corrected chi connectivity index (χ3v) is 4.83. The Morgan fingerprint density at radius 1 is 1.41 bits per heavy atom. The molecule has 98 valence electrons. The lowest BCUT2D eigenvalue weighted by Crippen LogP contribution is -2.32. The van der Waals surface area contributed by atoms with Crippen molar-refractivity contribution < 1.29 is 0 Å². The number of thiophene rings is 1. The summed E-state index contributed by atoms with van der Waals surface area (Å²) < 4.78 is 0. The third kappa shape index (κ3) is 7.12. The Morgan fingerprint density at radius 2 is 2.24 bits per heavy atom. The summed E-state index contributed by atoms with van der Waals surface area (Å²) >= 11 is 3.95. The third-order valence-electron chi connectivity index (χ3n) is 2.63. The summed E-state index contributed by atoms with van der Waals surface area (Å²) in [6.45, 7) is 7.94. The van der Waals surface area contributed by atoms with Gasteiger partial charge in [-0.25, -0.2) is 0 Å². The van der Waals surface area contributed by atoms with Gasteiger partial charge in [0, 0.05) is 16.7 Å². The largest absolute Gasteiger partial charge is 0.313 e. The van der Waals surface area contributed by atoms with Crippen LogP contribution >= 0.6 is 23.1 Å². The summed E-state index contributed by atoms with van der Waals surface area (Å²) in [4.78, 5) is 1.52. The minimum absolute atomic E-state index is 0.671. The van der Waals surface area contributed by atoms with E-state index in [0.717, 1.165) is 11.8 Å². The maximum atomic E-state index is 3.67. The van der Waals surface area contributed by atoms with Crippen LogP contribution in [0.15, 0.2) is 17.5 Å². The predicted octanol–water partition coefficient (Wildman–Crippen LogP) is 4.19. The minimum atomic E-state index is 0.671. The molecule has 1 heterocycles. The van der Waals surface area contributed by atoms with Gasteiger partial charge in [0.25, 0.3) is 0 Å². The van der Waals surface area contributed by atoms with Crippen molar-refractivity contribution in [2.24, 2.45) is 0 Å². The molecule has 0 amide bonds. The average molecular weight is 271 g/mol. The Hall–Kier alpha value is 0.01000. The molecular formula is C14H25NS2. The van der Waals surface area contributed by atoms with Gasteiger partial charge in [0.1, 0.15) is 0 Å². The zero-order valence-corrected chi connectivity index (χ0v) is 12.9. The van der Waals surface area contributed by atoms with Crippen molar-refractivity contribution in [3.8, 4) is 0 Å². The molecule has 0 aliphatic rings. The minimum Gasteiger partial charge on any atom is -0.313 e. The molecule has 0 spiro atoms. The van der Waals surface area contributed by atoms with Crippen molar-refractivity contribution in [2.75, 3.05) is 12.3 Å². The molecule has 0 aromatic carbocycles. The van der Waals surface area contributed by atoms with E-state index in [-0.39, 0.29) is 0 Å². The van der Waals surface area contributed by atoms with E-state index in [4.69, 9.17) is 0 Å². The molecule has 0 aliphatic carbocycles. The number of hydrogen-bond donors (Lipinski definition) is 1. The van der Waals surface area contributed by atoms with E-state index in [1.54, 1.807) is 0 Å². The SMILES string of the molecule is CCCNC(CCc1cccs1)CSC(C)C. The van der Waals surface area contributed by atoms with Crippen LogP contribution in [0.4, 0.5) is 0 Å². The lowest BCUT2D eigenvalue weighted by molar-refractivity contribution is 0.521. The molecule has 1 aromatic rings. The maximum Gasteiger partial charge on any atom is 0.0161 e. The Balaban J connectivity index is 2.28. The van der Waals surface area contributed by atoms with Crippen LogP contribution < -0.4 is 5.32 Å². The maximum absolute atomic E-state index is 3.67. The normalized spacial score (nSPS) is 13.2. The van der Waals surface area contributed by atoms with Gasteiger partial charge in [0.15, 0.2) is 0 Å². The van der Waals surface area contributed by atoms with Crippen LogP contribution in [0, 0.1) is 0 Å². The van der Waals surface area contributed by atoms with Crippen LogP contribution in [0.1, 0.15) is 38.5 Å². The second kappa shape index (κ2) is 9.01. The van der Waals surface area contributed by atoms with E-state index in [1.807, 2.05) is 11.3 Å². The number of rotatable bonds is 9. The fraction of sp³-hybridized carbons (Fsp3) is 0.714. The fourth-order valence-electron chi connectivity index (χ4n) is 1.67. The smallest absolute Gasteiger partial charge is 0.0161 e. The molecule has 17 heavy (non-hydrogen) atoms. The Bertz CT molecular complexity index is 270. The van der Waals surface area contributed by atoms with Gasteiger partial charge in [0.05, 0.1) is 0 Å². The molecule has 0 saturated carbocycles. The van der Waals surface area contributed by atoms with Gasteiger partial charge in [-0.2, -0.15) is 11.8 Å². The summed E-state index contributed by atoms with van der Waals surface area (Å²) in [5.74, 6) is 1.24. The van der Waals surface area contributed by atoms with Crippen LogP contribution in [0.25, 0.3) is 0 Å². The van der Waals surface area contributed by atoms with E-state index in [1.165, 1.54) is 29.9 Å². The van der Waals surface area contributed by atoms with Crippen molar-refractivity contribution in [1.29, 1.82) is 0 Å². The van der Waals surface area contributed by atoms with Gasteiger partial charge >= 0.3 is 0 Å². The summed E-state index contributed by atoms with van der Waals surface area (Å²) in [5.41, 5.74) is 0. The molecule has 1 rings (SSSR count). The van der Waals surface area contributed by atoms with E-state index in [2.05, 4.69) is 55.4 Å². The van der Waals surface area contributed by atoms with Crippen molar-refractivity contribution in [1.82, 2.24) is 5.32 Å². The van der Waals surface area contributed by atoms with Gasteiger partial charge in [-0.1, -0.05) is 26.8 Å². The highest BCUT2D eigenvalue weighted by molar-refractivity contribution is 7.99. The van der Waals surface area contributed by atoms with Crippen LogP contribution in [0.3, 0.4) is 0 Å². The first kappa shape index (κ1) is 15.1. The highest BCUT2D eigenvalue weighted by Crippen LogP contribution is 2.16. The molecule has 1 aromatic heterocycles. The molecule has 1 atom stereocenters. The highest BCUT2D eigenvalue weighted by Gasteiger charge is 2.09. The summed E-state index contributed by atoms with van der Waals surface area (Å²) in [6, 6.07) is 5.07. The fourth-order valence-corrected chi connectivity index (χ4v) is 3.30. The number of thioether (sulfide) groups is 1. The molecular weight excluding hydrogens is 246 g/mol. The van der Waals surface area contributed by atoms with Gasteiger partial charge in [-0.05, 0) is 42.5 Å². The lowest BCUT2D eigenvalue weighted by Gasteiger charge is -2.19. The molecule has 0 bridgehead atoms. The molecule has 1 nitrogen and oxygen atoms in total. The quantitative estimate of drug-likeness (QED) is 0.723. The number of hydrogen-bond acceptors (Lipinski definition) is 3. The molecule has 0 fully saturated rings. The van der Waals surface area contributed by atoms with Crippen molar-refractivity contribution in [3.05, 3.63) is 22.4 Å². The van der Waals surface area contributed by atoms with Gasteiger partial charge in [-0.3, -0.25) is 0 Å². The zero-order valence-electron chi connectivity index (χ0n) is 11.2. The Morgan fingerprint density at radius 3 is 2.82 bits per heavy atom. The summed E-state index contributed by atoms with van der Waals surface area (Å²) in [7, 11) is 0.